The topological polar surface area (TPSA) is 100 Å². The van der Waals surface area contributed by atoms with E-state index < -0.39 is 11.9 Å². The van der Waals surface area contributed by atoms with Gasteiger partial charge in [-0.2, -0.15) is 0 Å². The number of hydrogen-bond donors (Lipinski definition) is 2. The molecule has 2 heterocycles. The van der Waals surface area contributed by atoms with Crippen molar-refractivity contribution in [3.8, 4) is 11.1 Å². The monoisotopic (exact) mass is 422 g/mol. The lowest BCUT2D eigenvalue weighted by Crippen LogP contribution is -2.30. The standard InChI is InChI=1S/C26H18N2O4/c29-25(30)20-5-1-17(2-6-20)15-23-22(19-9-12-27-13-10-19)11-14-28-24(23)16-18-3-7-21(8-4-18)26(31)32/h1-16H,(H,29,30)(H,31,32). The van der Waals surface area contributed by atoms with Gasteiger partial charge in [-0.3, -0.25) is 9.97 Å². The quantitative estimate of drug-likeness (QED) is 0.512. The maximum Gasteiger partial charge on any atom is 0.335 e. The summed E-state index contributed by atoms with van der Waals surface area (Å²) in [5, 5.41) is 19.8. The second kappa shape index (κ2) is 9.06. The zero-order valence-electron chi connectivity index (χ0n) is 16.8. The highest BCUT2D eigenvalue weighted by Gasteiger charge is 2.05. The van der Waals surface area contributed by atoms with Gasteiger partial charge in [0.25, 0.3) is 0 Å². The van der Waals surface area contributed by atoms with Crippen LogP contribution in [0.25, 0.3) is 23.3 Å². The molecule has 0 aliphatic heterocycles. The Hall–Kier alpha value is -4.58. The van der Waals surface area contributed by atoms with E-state index in [0.717, 1.165) is 27.5 Å². The zero-order valence-corrected chi connectivity index (χ0v) is 16.8. The fraction of sp³-hybridized carbons (Fsp3) is 0. The van der Waals surface area contributed by atoms with Crippen molar-refractivity contribution in [2.45, 2.75) is 0 Å². The maximum absolute atomic E-state index is 11.2. The van der Waals surface area contributed by atoms with Crippen LogP contribution in [0, 0.1) is 0 Å². The molecule has 4 rings (SSSR count). The first-order chi connectivity index (χ1) is 15.5. The summed E-state index contributed by atoms with van der Waals surface area (Å²) in [5.41, 5.74) is 3.98. The van der Waals surface area contributed by atoms with Gasteiger partial charge in [0.05, 0.1) is 16.5 Å². The lowest BCUT2D eigenvalue weighted by atomic mass is 10.0. The Balaban J connectivity index is 1.92. The smallest absolute Gasteiger partial charge is 0.335 e. The largest absolute Gasteiger partial charge is 0.478 e. The first-order valence-corrected chi connectivity index (χ1v) is 9.77. The van der Waals surface area contributed by atoms with Crippen LogP contribution < -0.4 is 10.6 Å². The highest BCUT2D eigenvalue weighted by Crippen LogP contribution is 2.13. The molecule has 0 aliphatic carbocycles. The number of rotatable bonds is 5. The molecule has 0 bridgehead atoms. The number of hydrogen-bond acceptors (Lipinski definition) is 4. The number of carboxylic acids is 2. The lowest BCUT2D eigenvalue weighted by molar-refractivity contribution is 0.0686. The molecule has 0 unspecified atom stereocenters. The first kappa shape index (κ1) is 20.7. The number of aromatic nitrogens is 2. The molecule has 0 radical (unpaired) electrons. The molecule has 0 saturated heterocycles. The Morgan fingerprint density at radius 2 is 1.19 bits per heavy atom. The predicted octanol–water partition coefficient (Wildman–Crippen LogP) is 3.20. The molecule has 6 nitrogen and oxygen atoms in total. The first-order valence-electron chi connectivity index (χ1n) is 9.77. The van der Waals surface area contributed by atoms with Gasteiger partial charge in [0.1, 0.15) is 0 Å². The lowest BCUT2D eigenvalue weighted by Gasteiger charge is -2.05. The molecule has 0 spiro atoms. The second-order valence-corrected chi connectivity index (χ2v) is 7.04. The van der Waals surface area contributed by atoms with E-state index in [0.29, 0.717) is 5.35 Å². The number of pyridine rings is 2. The van der Waals surface area contributed by atoms with E-state index >= 15 is 0 Å². The van der Waals surface area contributed by atoms with Crippen LogP contribution in [0.4, 0.5) is 0 Å². The van der Waals surface area contributed by atoms with Crippen LogP contribution in [-0.2, 0) is 0 Å². The molecule has 0 aliphatic rings. The normalized spacial score (nSPS) is 12.0. The van der Waals surface area contributed by atoms with Crippen LogP contribution >= 0.6 is 0 Å². The molecule has 0 saturated carbocycles. The van der Waals surface area contributed by atoms with Crippen LogP contribution in [-0.4, -0.2) is 32.1 Å². The van der Waals surface area contributed by atoms with Gasteiger partial charge in [-0.05, 0) is 76.9 Å². The summed E-state index contributed by atoms with van der Waals surface area (Å²) in [4.78, 5) is 30.9. The molecule has 0 amide bonds. The zero-order chi connectivity index (χ0) is 22.5. The Morgan fingerprint density at radius 1 is 0.656 bits per heavy atom. The van der Waals surface area contributed by atoms with Crippen molar-refractivity contribution >= 4 is 24.1 Å². The highest BCUT2D eigenvalue weighted by atomic mass is 16.4. The summed E-state index contributed by atoms with van der Waals surface area (Å²) in [7, 11) is 0. The molecule has 156 valence electrons. The second-order valence-electron chi connectivity index (χ2n) is 7.04. The number of carboxylic acid groups (broad SMARTS) is 2. The van der Waals surface area contributed by atoms with Gasteiger partial charge in [0, 0.05) is 23.8 Å². The average molecular weight is 422 g/mol. The molecule has 2 aromatic carbocycles. The van der Waals surface area contributed by atoms with Crippen LogP contribution in [0.2, 0.25) is 0 Å². The summed E-state index contributed by atoms with van der Waals surface area (Å²) < 4.78 is 0. The maximum atomic E-state index is 11.2. The summed E-state index contributed by atoms with van der Waals surface area (Å²) in [6.45, 7) is 0. The number of carbonyl (C=O) groups is 2. The third-order valence-corrected chi connectivity index (χ3v) is 4.94. The molecule has 2 aromatic heterocycles. The van der Waals surface area contributed by atoms with E-state index in [1.54, 1.807) is 67.1 Å². The van der Waals surface area contributed by atoms with E-state index in [9.17, 15) is 9.59 Å². The van der Waals surface area contributed by atoms with E-state index in [1.165, 1.54) is 0 Å². The molecular weight excluding hydrogens is 404 g/mol. The van der Waals surface area contributed by atoms with Gasteiger partial charge in [-0.1, -0.05) is 24.3 Å². The summed E-state index contributed by atoms with van der Waals surface area (Å²) in [5.74, 6) is -1.96. The fourth-order valence-corrected chi connectivity index (χ4v) is 3.31. The van der Waals surface area contributed by atoms with Gasteiger partial charge in [0.2, 0.25) is 0 Å². The van der Waals surface area contributed by atoms with E-state index in [1.807, 2.05) is 30.4 Å². The van der Waals surface area contributed by atoms with E-state index in [2.05, 4.69) is 9.97 Å². The Morgan fingerprint density at radius 3 is 1.72 bits per heavy atom. The molecule has 32 heavy (non-hydrogen) atoms. The average Bonchev–Trinajstić information content (AvgIpc) is 2.81. The predicted molar refractivity (Wildman–Crippen MR) is 121 cm³/mol. The minimum Gasteiger partial charge on any atom is -0.478 e. The number of benzene rings is 2. The van der Waals surface area contributed by atoms with Crippen LogP contribution in [0.5, 0.6) is 0 Å². The minimum atomic E-state index is -0.979. The summed E-state index contributed by atoms with van der Waals surface area (Å²) in [6.07, 6.45) is 8.99. The third kappa shape index (κ3) is 4.60. The van der Waals surface area contributed by atoms with Crippen molar-refractivity contribution in [1.82, 2.24) is 9.97 Å². The van der Waals surface area contributed by atoms with Crippen LogP contribution in [0.3, 0.4) is 0 Å². The van der Waals surface area contributed by atoms with Crippen molar-refractivity contribution < 1.29 is 19.8 Å². The van der Waals surface area contributed by atoms with Crippen LogP contribution in [0.15, 0.2) is 85.3 Å². The molecule has 2 N–H and O–H groups in total. The molecular formula is C26H18N2O4. The third-order valence-electron chi connectivity index (χ3n) is 4.94. The van der Waals surface area contributed by atoms with Crippen molar-refractivity contribution in [2.24, 2.45) is 0 Å². The van der Waals surface area contributed by atoms with Gasteiger partial charge >= 0.3 is 11.9 Å². The summed E-state index contributed by atoms with van der Waals surface area (Å²) >= 11 is 0. The number of aromatic carboxylic acids is 2. The van der Waals surface area contributed by atoms with Crippen LogP contribution in [0.1, 0.15) is 31.8 Å². The Bertz CT molecular complexity index is 1400. The van der Waals surface area contributed by atoms with Crippen molar-refractivity contribution in [3.05, 3.63) is 118 Å². The summed E-state index contributed by atoms with van der Waals surface area (Å²) in [6, 6.07) is 18.9. The Labute approximate surface area is 183 Å². The molecule has 0 fully saturated rings. The van der Waals surface area contributed by atoms with Gasteiger partial charge in [-0.25, -0.2) is 9.59 Å². The van der Waals surface area contributed by atoms with Crippen molar-refractivity contribution in [3.63, 3.8) is 0 Å². The van der Waals surface area contributed by atoms with E-state index in [4.69, 9.17) is 10.2 Å². The molecule has 0 atom stereocenters. The SMILES string of the molecule is O=C(O)c1ccc(C=c2nccc(-c3ccncc3)c2=Cc2ccc(C(=O)O)cc2)cc1. The minimum absolute atomic E-state index is 0.214. The van der Waals surface area contributed by atoms with Crippen molar-refractivity contribution in [2.75, 3.05) is 0 Å². The fourth-order valence-electron chi connectivity index (χ4n) is 3.31. The molecule has 4 aromatic rings. The van der Waals surface area contributed by atoms with Crippen molar-refractivity contribution in [1.29, 1.82) is 0 Å². The molecule has 6 heteroatoms. The van der Waals surface area contributed by atoms with Gasteiger partial charge in [0.15, 0.2) is 0 Å². The Kier molecular flexibility index (Phi) is 5.85. The van der Waals surface area contributed by atoms with Gasteiger partial charge in [-0.15, -0.1) is 0 Å². The highest BCUT2D eigenvalue weighted by molar-refractivity contribution is 5.88. The van der Waals surface area contributed by atoms with E-state index in [-0.39, 0.29) is 11.1 Å². The van der Waals surface area contributed by atoms with Gasteiger partial charge < -0.3 is 10.2 Å². The number of nitrogens with zero attached hydrogens (tertiary/aromatic N) is 2.